The number of hydrogen-bond donors (Lipinski definition) is 1. The van der Waals surface area contributed by atoms with Crippen molar-refractivity contribution in [2.24, 2.45) is 0 Å². The number of hydrogen-bond acceptors (Lipinski definition) is 10. The van der Waals surface area contributed by atoms with Crippen LogP contribution in [0.2, 0.25) is 0 Å². The van der Waals surface area contributed by atoms with Gasteiger partial charge < -0.3 is 19.3 Å². The summed E-state index contributed by atoms with van der Waals surface area (Å²) < 4.78 is 13.5. The van der Waals surface area contributed by atoms with E-state index in [0.29, 0.717) is 19.8 Å². The second-order valence-corrected chi connectivity index (χ2v) is 5.37. The van der Waals surface area contributed by atoms with E-state index < -0.39 is 17.9 Å². The molecular formula is C20H36O10Ti. The second kappa shape index (κ2) is 30.3. The van der Waals surface area contributed by atoms with Crippen LogP contribution < -0.4 is 0 Å². The summed E-state index contributed by atoms with van der Waals surface area (Å²) in [6, 6.07) is 0. The molecule has 0 aromatic heterocycles. The minimum absolute atomic E-state index is 0. The molecule has 0 aliphatic heterocycles. The summed E-state index contributed by atoms with van der Waals surface area (Å²) in [5.74, 6) is -1.80. The van der Waals surface area contributed by atoms with Crippen LogP contribution in [-0.4, -0.2) is 66.8 Å². The number of aliphatic hydroxyl groups excluding tert-OH is 1. The minimum atomic E-state index is -0.440. The molecular weight excluding hydrogens is 448 g/mol. The average molecular weight is 484 g/mol. The summed E-state index contributed by atoms with van der Waals surface area (Å²) in [5, 5.41) is 7.57. The molecule has 0 amide bonds. The number of ether oxygens (including phenoxy) is 3. The van der Waals surface area contributed by atoms with E-state index in [9.17, 15) is 28.8 Å². The van der Waals surface area contributed by atoms with E-state index >= 15 is 0 Å². The Morgan fingerprint density at radius 1 is 0.548 bits per heavy atom. The van der Waals surface area contributed by atoms with E-state index in [0.717, 1.165) is 0 Å². The van der Waals surface area contributed by atoms with E-state index in [2.05, 4.69) is 14.2 Å². The summed E-state index contributed by atoms with van der Waals surface area (Å²) in [7, 11) is 0. The smallest absolute Gasteiger partial charge is 0.313 e. The van der Waals surface area contributed by atoms with Gasteiger partial charge in [-0.15, -0.1) is 0 Å². The summed E-state index contributed by atoms with van der Waals surface area (Å²) >= 11 is 0. The van der Waals surface area contributed by atoms with Gasteiger partial charge in [0.25, 0.3) is 0 Å². The normalized spacial score (nSPS) is 8.13. The van der Waals surface area contributed by atoms with Crippen molar-refractivity contribution >= 4 is 35.3 Å². The number of ketones is 3. The number of carbonyl (C=O) groups is 6. The van der Waals surface area contributed by atoms with Gasteiger partial charge in [0.2, 0.25) is 0 Å². The Labute approximate surface area is 199 Å². The summed E-state index contributed by atoms with van der Waals surface area (Å²) in [4.78, 5) is 61.9. The number of aliphatic hydroxyl groups is 1. The zero-order valence-electron chi connectivity index (χ0n) is 19.6. The van der Waals surface area contributed by atoms with Crippen LogP contribution in [0.15, 0.2) is 0 Å². The van der Waals surface area contributed by atoms with Gasteiger partial charge in [0.1, 0.15) is 36.6 Å². The molecule has 0 bridgehead atoms. The molecule has 0 aliphatic carbocycles. The van der Waals surface area contributed by atoms with E-state index in [1.165, 1.54) is 20.8 Å². The predicted molar refractivity (Wildman–Crippen MR) is 109 cm³/mol. The molecule has 10 nitrogen and oxygen atoms in total. The molecule has 1 N–H and O–H groups in total. The van der Waals surface area contributed by atoms with Gasteiger partial charge in [-0.1, -0.05) is 0 Å². The van der Waals surface area contributed by atoms with Crippen LogP contribution in [0.4, 0.5) is 0 Å². The summed E-state index contributed by atoms with van der Waals surface area (Å²) in [6.07, 6.45) is -0.310. The monoisotopic (exact) mass is 484 g/mol. The first-order chi connectivity index (χ1) is 13.9. The van der Waals surface area contributed by atoms with Crippen LogP contribution in [0.1, 0.15) is 67.7 Å². The van der Waals surface area contributed by atoms with Gasteiger partial charge in [-0.2, -0.15) is 0 Å². The van der Waals surface area contributed by atoms with Crippen LogP contribution in [0.5, 0.6) is 0 Å². The Hall–Kier alpha value is -1.91. The molecule has 180 valence electrons. The first-order valence-corrected chi connectivity index (χ1v) is 9.47. The average Bonchev–Trinajstić information content (AvgIpc) is 2.55. The third-order valence-corrected chi connectivity index (χ3v) is 2.10. The van der Waals surface area contributed by atoms with Gasteiger partial charge in [0, 0.05) is 28.3 Å². The molecule has 0 radical (unpaired) electrons. The number of carbonyl (C=O) groups excluding carboxylic acids is 6. The first kappa shape index (κ1) is 39.6. The van der Waals surface area contributed by atoms with Crippen LogP contribution in [0, 0.1) is 0 Å². The second-order valence-electron chi connectivity index (χ2n) is 5.37. The van der Waals surface area contributed by atoms with E-state index in [1.807, 2.05) is 0 Å². The van der Waals surface area contributed by atoms with Gasteiger partial charge >= 0.3 is 17.9 Å². The Kier molecular flexibility index (Phi) is 38.6. The van der Waals surface area contributed by atoms with Crippen molar-refractivity contribution in [3.63, 3.8) is 0 Å². The third-order valence-electron chi connectivity index (χ3n) is 2.10. The molecule has 0 heterocycles. The van der Waals surface area contributed by atoms with Crippen LogP contribution in [-0.2, 0) is 64.7 Å². The Balaban J connectivity index is -0.000000101. The van der Waals surface area contributed by atoms with Crippen molar-refractivity contribution in [1.29, 1.82) is 0 Å². The molecule has 31 heavy (non-hydrogen) atoms. The topological polar surface area (TPSA) is 150 Å². The van der Waals surface area contributed by atoms with Gasteiger partial charge in [-0.05, 0) is 48.5 Å². The van der Waals surface area contributed by atoms with Gasteiger partial charge in [-0.25, -0.2) is 0 Å². The van der Waals surface area contributed by atoms with Gasteiger partial charge in [0.05, 0.1) is 19.8 Å². The molecule has 0 aliphatic rings. The SMILES string of the molecule is CCO.CCOC(=O)CC(C)=O.CCOC(=O)CC(C)=O.CCOC(=O)CC(C)=O.[Ti]. The maximum atomic E-state index is 10.4. The van der Waals surface area contributed by atoms with Crippen molar-refractivity contribution in [3.8, 4) is 0 Å². The Bertz CT molecular complexity index is 447. The van der Waals surface area contributed by atoms with Crippen LogP contribution in [0.3, 0.4) is 0 Å². The largest absolute Gasteiger partial charge is 0.466 e. The Morgan fingerprint density at radius 2 is 0.710 bits per heavy atom. The van der Waals surface area contributed by atoms with Crippen molar-refractivity contribution in [2.75, 3.05) is 26.4 Å². The summed E-state index contributed by atoms with van der Waals surface area (Å²) in [6.45, 7) is 12.1. The number of Topliss-reactive ketones (excluding diaryl/α,β-unsaturated/α-hetero) is 3. The van der Waals surface area contributed by atoms with E-state index in [1.54, 1.807) is 27.7 Å². The van der Waals surface area contributed by atoms with Crippen molar-refractivity contribution in [1.82, 2.24) is 0 Å². The van der Waals surface area contributed by atoms with Crippen molar-refractivity contribution in [2.45, 2.75) is 67.7 Å². The molecule has 0 fully saturated rings. The number of rotatable bonds is 9. The van der Waals surface area contributed by atoms with Crippen molar-refractivity contribution in [3.05, 3.63) is 0 Å². The Morgan fingerprint density at radius 3 is 0.806 bits per heavy atom. The molecule has 11 heteroatoms. The van der Waals surface area contributed by atoms with Gasteiger partial charge in [0.15, 0.2) is 0 Å². The summed E-state index contributed by atoms with van der Waals surface area (Å²) in [5.41, 5.74) is 0. The fraction of sp³-hybridized carbons (Fsp3) is 0.700. The molecule has 0 saturated heterocycles. The third kappa shape index (κ3) is 52.5. The quantitative estimate of drug-likeness (QED) is 0.221. The molecule has 0 saturated carbocycles. The molecule has 0 aromatic rings. The standard InChI is InChI=1S/3C6H10O3.C2H6O.Ti/c3*1-3-9-6(8)4-5(2)7;1-2-3;/h3*3-4H2,1-2H3;3H,2H2,1H3;. The first-order valence-electron chi connectivity index (χ1n) is 9.47. The molecule has 0 rings (SSSR count). The minimum Gasteiger partial charge on any atom is -0.466 e. The molecule has 0 spiro atoms. The van der Waals surface area contributed by atoms with Gasteiger partial charge in [-0.3, -0.25) is 28.8 Å². The maximum Gasteiger partial charge on any atom is 0.313 e. The van der Waals surface area contributed by atoms with Crippen molar-refractivity contribution < 1.29 is 69.8 Å². The molecule has 0 aromatic carbocycles. The zero-order chi connectivity index (χ0) is 24.5. The van der Waals surface area contributed by atoms with E-state index in [4.69, 9.17) is 5.11 Å². The fourth-order valence-electron chi connectivity index (χ4n) is 1.25. The number of esters is 3. The maximum absolute atomic E-state index is 10.4. The molecule has 0 unspecified atom stereocenters. The molecule has 0 atom stereocenters. The predicted octanol–water partition coefficient (Wildman–Crippen LogP) is 1.58. The zero-order valence-corrected chi connectivity index (χ0v) is 21.1. The van der Waals surface area contributed by atoms with Crippen LogP contribution >= 0.6 is 0 Å². The van der Waals surface area contributed by atoms with E-state index in [-0.39, 0.29) is 64.9 Å². The fourth-order valence-corrected chi connectivity index (χ4v) is 1.25. The van der Waals surface area contributed by atoms with Crippen LogP contribution in [0.25, 0.3) is 0 Å².